The van der Waals surface area contributed by atoms with Crippen LogP contribution in [0.15, 0.2) is 35.9 Å². The second kappa shape index (κ2) is 5.74. The summed E-state index contributed by atoms with van der Waals surface area (Å²) in [6.07, 6.45) is 6.17. The Kier molecular flexibility index (Phi) is 4.05. The zero-order valence-corrected chi connectivity index (χ0v) is 11.4. The van der Waals surface area contributed by atoms with Gasteiger partial charge in [0.2, 0.25) is 0 Å². The summed E-state index contributed by atoms with van der Waals surface area (Å²) >= 11 is 0. The first-order valence-corrected chi connectivity index (χ1v) is 6.48. The SMILES string of the molecule is CC1=CCCN(c2ccc(/C=C/C(=O)O)cc2C)C1. The number of carboxylic acids is 1. The van der Waals surface area contributed by atoms with Gasteiger partial charge in [-0.25, -0.2) is 4.79 Å². The third-order valence-corrected chi connectivity index (χ3v) is 3.31. The fraction of sp³-hybridized carbons (Fsp3) is 0.312. The molecule has 1 heterocycles. The average molecular weight is 257 g/mol. The van der Waals surface area contributed by atoms with Crippen molar-refractivity contribution in [1.82, 2.24) is 0 Å². The summed E-state index contributed by atoms with van der Waals surface area (Å²) in [7, 11) is 0. The summed E-state index contributed by atoms with van der Waals surface area (Å²) in [6.45, 7) is 6.25. The molecule has 1 N–H and O–H groups in total. The number of carbonyl (C=O) groups is 1. The van der Waals surface area contributed by atoms with Gasteiger partial charge < -0.3 is 10.0 Å². The molecule has 0 saturated carbocycles. The molecule has 19 heavy (non-hydrogen) atoms. The van der Waals surface area contributed by atoms with Crippen LogP contribution in [0.3, 0.4) is 0 Å². The topological polar surface area (TPSA) is 40.5 Å². The predicted octanol–water partition coefficient (Wildman–Crippen LogP) is 3.25. The molecule has 0 amide bonds. The van der Waals surface area contributed by atoms with Crippen molar-refractivity contribution in [3.8, 4) is 0 Å². The molecule has 0 unspecified atom stereocenters. The quantitative estimate of drug-likeness (QED) is 0.667. The van der Waals surface area contributed by atoms with Crippen molar-refractivity contribution in [3.05, 3.63) is 47.1 Å². The molecular weight excluding hydrogens is 238 g/mol. The zero-order chi connectivity index (χ0) is 13.8. The molecule has 0 atom stereocenters. The molecule has 3 nitrogen and oxygen atoms in total. The van der Waals surface area contributed by atoms with Gasteiger partial charge >= 0.3 is 5.97 Å². The lowest BCUT2D eigenvalue weighted by atomic mass is 10.1. The van der Waals surface area contributed by atoms with Gasteiger partial charge in [-0.1, -0.05) is 17.7 Å². The minimum Gasteiger partial charge on any atom is -0.478 e. The molecule has 1 aromatic rings. The maximum absolute atomic E-state index is 10.5. The number of aliphatic carboxylic acids is 1. The van der Waals surface area contributed by atoms with Crippen LogP contribution < -0.4 is 4.90 Å². The molecule has 0 saturated heterocycles. The highest BCUT2D eigenvalue weighted by molar-refractivity contribution is 5.85. The van der Waals surface area contributed by atoms with E-state index in [1.165, 1.54) is 22.9 Å². The first-order chi connectivity index (χ1) is 9.06. The zero-order valence-electron chi connectivity index (χ0n) is 11.4. The number of aryl methyl sites for hydroxylation is 1. The van der Waals surface area contributed by atoms with Crippen LogP contribution in [0.4, 0.5) is 5.69 Å². The number of rotatable bonds is 3. The molecule has 0 radical (unpaired) electrons. The Morgan fingerprint density at radius 3 is 2.79 bits per heavy atom. The highest BCUT2D eigenvalue weighted by Gasteiger charge is 2.12. The van der Waals surface area contributed by atoms with E-state index in [-0.39, 0.29) is 0 Å². The Morgan fingerprint density at radius 1 is 1.37 bits per heavy atom. The van der Waals surface area contributed by atoms with Crippen molar-refractivity contribution in [1.29, 1.82) is 0 Å². The van der Waals surface area contributed by atoms with Gasteiger partial charge in [0.1, 0.15) is 0 Å². The van der Waals surface area contributed by atoms with E-state index < -0.39 is 5.97 Å². The van der Waals surface area contributed by atoms with Crippen LogP contribution in [0.2, 0.25) is 0 Å². The Balaban J connectivity index is 2.20. The van der Waals surface area contributed by atoms with Crippen molar-refractivity contribution in [3.63, 3.8) is 0 Å². The van der Waals surface area contributed by atoms with Crippen LogP contribution >= 0.6 is 0 Å². The van der Waals surface area contributed by atoms with Crippen molar-refractivity contribution in [2.75, 3.05) is 18.0 Å². The molecule has 0 fully saturated rings. The lowest BCUT2D eigenvalue weighted by molar-refractivity contribution is -0.131. The molecule has 0 bridgehead atoms. The molecule has 3 heteroatoms. The van der Waals surface area contributed by atoms with Crippen molar-refractivity contribution in [2.45, 2.75) is 20.3 Å². The molecule has 0 aliphatic carbocycles. The number of carboxylic acid groups (broad SMARTS) is 1. The first kappa shape index (κ1) is 13.4. The maximum Gasteiger partial charge on any atom is 0.328 e. The van der Waals surface area contributed by atoms with Gasteiger partial charge in [-0.2, -0.15) is 0 Å². The van der Waals surface area contributed by atoms with Crippen LogP contribution in [0, 0.1) is 6.92 Å². The molecule has 0 aromatic heterocycles. The van der Waals surface area contributed by atoms with Gasteiger partial charge in [-0.3, -0.25) is 0 Å². The fourth-order valence-electron chi connectivity index (χ4n) is 2.42. The van der Waals surface area contributed by atoms with E-state index in [4.69, 9.17) is 5.11 Å². The summed E-state index contributed by atoms with van der Waals surface area (Å²) in [4.78, 5) is 12.9. The van der Waals surface area contributed by atoms with Gasteiger partial charge in [0.15, 0.2) is 0 Å². The largest absolute Gasteiger partial charge is 0.478 e. The molecule has 1 aromatic carbocycles. The number of nitrogens with zero attached hydrogens (tertiary/aromatic N) is 1. The molecule has 1 aliphatic rings. The predicted molar refractivity (Wildman–Crippen MR) is 78.4 cm³/mol. The Hall–Kier alpha value is -2.03. The molecule has 1 aliphatic heterocycles. The fourth-order valence-corrected chi connectivity index (χ4v) is 2.42. The molecule has 100 valence electrons. The smallest absolute Gasteiger partial charge is 0.328 e. The lowest BCUT2D eigenvalue weighted by Crippen LogP contribution is -2.29. The van der Waals surface area contributed by atoms with E-state index in [1.54, 1.807) is 6.08 Å². The summed E-state index contributed by atoms with van der Waals surface area (Å²) in [5.41, 5.74) is 4.75. The van der Waals surface area contributed by atoms with Crippen LogP contribution in [0.5, 0.6) is 0 Å². The second-order valence-corrected chi connectivity index (χ2v) is 4.98. The Labute approximate surface area is 113 Å². The first-order valence-electron chi connectivity index (χ1n) is 6.48. The highest BCUT2D eigenvalue weighted by atomic mass is 16.4. The number of benzene rings is 1. The summed E-state index contributed by atoms with van der Waals surface area (Å²) in [5, 5.41) is 8.63. The van der Waals surface area contributed by atoms with Gasteiger partial charge in [-0.05, 0) is 49.6 Å². The van der Waals surface area contributed by atoms with Crippen molar-refractivity contribution in [2.24, 2.45) is 0 Å². The van der Waals surface area contributed by atoms with Crippen molar-refractivity contribution >= 4 is 17.7 Å². The summed E-state index contributed by atoms with van der Waals surface area (Å²) in [5.74, 6) is -0.918. The van der Waals surface area contributed by atoms with E-state index in [2.05, 4.69) is 30.9 Å². The minimum atomic E-state index is -0.918. The van der Waals surface area contributed by atoms with E-state index >= 15 is 0 Å². The molecular formula is C16H19NO2. The average Bonchev–Trinajstić information content (AvgIpc) is 2.36. The Morgan fingerprint density at radius 2 is 2.16 bits per heavy atom. The van der Waals surface area contributed by atoms with Crippen LogP contribution in [0.1, 0.15) is 24.5 Å². The van der Waals surface area contributed by atoms with E-state index in [0.717, 1.165) is 25.1 Å². The number of anilines is 1. The van der Waals surface area contributed by atoms with Crippen molar-refractivity contribution < 1.29 is 9.90 Å². The van der Waals surface area contributed by atoms with Crippen LogP contribution in [-0.2, 0) is 4.79 Å². The maximum atomic E-state index is 10.5. The normalized spacial score (nSPS) is 15.7. The standard InChI is InChI=1S/C16H19NO2/c1-12-4-3-9-17(11-12)15-7-5-14(10-13(15)2)6-8-16(18)19/h4-8,10H,3,9,11H2,1-2H3,(H,18,19)/b8-6+. The van der Waals surface area contributed by atoms with E-state index in [9.17, 15) is 4.79 Å². The van der Waals surface area contributed by atoms with E-state index in [0.29, 0.717) is 0 Å². The second-order valence-electron chi connectivity index (χ2n) is 4.98. The van der Waals surface area contributed by atoms with Crippen LogP contribution in [-0.4, -0.2) is 24.2 Å². The van der Waals surface area contributed by atoms with E-state index in [1.807, 2.05) is 12.1 Å². The van der Waals surface area contributed by atoms with Gasteiger partial charge in [0, 0.05) is 24.9 Å². The third kappa shape index (κ3) is 3.47. The monoisotopic (exact) mass is 257 g/mol. The van der Waals surface area contributed by atoms with Gasteiger partial charge in [-0.15, -0.1) is 0 Å². The van der Waals surface area contributed by atoms with Gasteiger partial charge in [0.25, 0.3) is 0 Å². The minimum absolute atomic E-state index is 0.918. The lowest BCUT2D eigenvalue weighted by Gasteiger charge is -2.29. The van der Waals surface area contributed by atoms with Crippen LogP contribution in [0.25, 0.3) is 6.08 Å². The Bertz CT molecular complexity index is 544. The van der Waals surface area contributed by atoms with Gasteiger partial charge in [0.05, 0.1) is 0 Å². The summed E-state index contributed by atoms with van der Waals surface area (Å²) < 4.78 is 0. The third-order valence-electron chi connectivity index (χ3n) is 3.31. The number of hydrogen-bond donors (Lipinski definition) is 1. The number of hydrogen-bond acceptors (Lipinski definition) is 2. The summed E-state index contributed by atoms with van der Waals surface area (Å²) in [6, 6.07) is 6.08. The highest BCUT2D eigenvalue weighted by Crippen LogP contribution is 2.25. The molecule has 0 spiro atoms. The molecule has 2 rings (SSSR count).